The van der Waals surface area contributed by atoms with Crippen molar-refractivity contribution in [1.29, 1.82) is 0 Å². The topological polar surface area (TPSA) is 27.7 Å². The predicted octanol–water partition coefficient (Wildman–Crippen LogP) is 6.08. The molecule has 0 saturated heterocycles. The van der Waals surface area contributed by atoms with Gasteiger partial charge in [0.1, 0.15) is 0 Å². The maximum atomic E-state index is 5.65. The number of ether oxygens (including phenoxy) is 3. The van der Waals surface area contributed by atoms with Crippen molar-refractivity contribution in [3.8, 4) is 0 Å². The molecule has 1 atom stereocenters. The summed E-state index contributed by atoms with van der Waals surface area (Å²) in [5, 5.41) is 0.897. The third-order valence-electron chi connectivity index (χ3n) is 4.97. The normalized spacial score (nSPS) is 13.2. The smallest absolute Gasteiger partial charge is 0.285 e. The van der Waals surface area contributed by atoms with Gasteiger partial charge in [-0.3, -0.25) is 0 Å². The first-order valence-electron chi connectivity index (χ1n) is 9.45. The van der Waals surface area contributed by atoms with Crippen LogP contribution in [0, 0.1) is 5.92 Å². The molecule has 1 rings (SSSR count). The zero-order valence-corrected chi connectivity index (χ0v) is 17.9. The Labute approximate surface area is 162 Å². The van der Waals surface area contributed by atoms with Gasteiger partial charge in [-0.15, -0.1) is 0 Å². The molecule has 0 bridgehead atoms. The Hall–Kier alpha value is -0.420. The molecule has 0 amide bonds. The van der Waals surface area contributed by atoms with Crippen molar-refractivity contribution in [2.24, 2.45) is 5.92 Å². The van der Waals surface area contributed by atoms with Gasteiger partial charge in [0.2, 0.25) is 0 Å². The van der Waals surface area contributed by atoms with E-state index in [0.29, 0.717) is 0 Å². The van der Waals surface area contributed by atoms with Crippen molar-refractivity contribution in [3.63, 3.8) is 0 Å². The zero-order valence-electron chi connectivity index (χ0n) is 16.4. The second-order valence-corrected chi connectivity index (χ2v) is 7.17. The minimum Gasteiger partial charge on any atom is -0.331 e. The Morgan fingerprint density at radius 3 is 1.92 bits per heavy atom. The van der Waals surface area contributed by atoms with Crippen LogP contribution in [0.4, 0.5) is 0 Å². The number of methoxy groups -OCH3 is 3. The van der Waals surface area contributed by atoms with Gasteiger partial charge >= 0.3 is 0 Å². The molecule has 3 nitrogen and oxygen atoms in total. The monoisotopic (exact) mass is 414 g/mol. The van der Waals surface area contributed by atoms with Crippen molar-refractivity contribution in [2.75, 3.05) is 21.3 Å². The van der Waals surface area contributed by atoms with Crippen LogP contribution in [0.5, 0.6) is 0 Å². The van der Waals surface area contributed by atoms with E-state index < -0.39 is 5.97 Å². The molecular formula is C21H35BrO3. The van der Waals surface area contributed by atoms with E-state index in [1.165, 1.54) is 43.2 Å². The van der Waals surface area contributed by atoms with E-state index in [1.54, 1.807) is 21.3 Å². The molecule has 25 heavy (non-hydrogen) atoms. The van der Waals surface area contributed by atoms with Gasteiger partial charge in [-0.1, -0.05) is 79.2 Å². The molecule has 4 heteroatoms. The lowest BCUT2D eigenvalue weighted by atomic mass is 9.91. The van der Waals surface area contributed by atoms with Crippen LogP contribution in [0.3, 0.4) is 0 Å². The number of hydrogen-bond acceptors (Lipinski definition) is 3. The van der Waals surface area contributed by atoms with Gasteiger partial charge in [0.15, 0.2) is 0 Å². The van der Waals surface area contributed by atoms with Gasteiger partial charge in [-0.2, -0.15) is 0 Å². The van der Waals surface area contributed by atoms with E-state index in [-0.39, 0.29) is 5.92 Å². The fourth-order valence-electron chi connectivity index (χ4n) is 3.38. The number of hydrogen-bond donors (Lipinski definition) is 0. The van der Waals surface area contributed by atoms with Crippen LogP contribution in [0.15, 0.2) is 24.3 Å². The summed E-state index contributed by atoms with van der Waals surface area (Å²) >= 11 is 3.50. The summed E-state index contributed by atoms with van der Waals surface area (Å²) in [4.78, 5) is 0. The summed E-state index contributed by atoms with van der Waals surface area (Å²) in [7, 11) is 5.01. The molecule has 0 N–H and O–H groups in total. The Kier molecular flexibility index (Phi) is 11.6. The molecular weight excluding hydrogens is 380 g/mol. The lowest BCUT2D eigenvalue weighted by Gasteiger charge is -2.36. The van der Waals surface area contributed by atoms with Crippen LogP contribution >= 0.6 is 15.9 Å². The highest BCUT2D eigenvalue weighted by atomic mass is 79.9. The first kappa shape index (κ1) is 22.6. The third kappa shape index (κ3) is 7.38. The van der Waals surface area contributed by atoms with Crippen LogP contribution in [-0.4, -0.2) is 27.3 Å². The van der Waals surface area contributed by atoms with Crippen molar-refractivity contribution < 1.29 is 14.2 Å². The third-order valence-corrected chi connectivity index (χ3v) is 5.62. The molecule has 0 aliphatic rings. The van der Waals surface area contributed by atoms with Crippen molar-refractivity contribution in [3.05, 3.63) is 35.4 Å². The van der Waals surface area contributed by atoms with Crippen molar-refractivity contribution >= 4 is 15.9 Å². The van der Waals surface area contributed by atoms with Crippen LogP contribution in [0.1, 0.15) is 63.0 Å². The fraction of sp³-hybridized carbons (Fsp3) is 0.714. The van der Waals surface area contributed by atoms with Gasteiger partial charge < -0.3 is 14.2 Å². The second kappa shape index (κ2) is 12.9. The number of halogens is 1. The average Bonchev–Trinajstić information content (AvgIpc) is 2.67. The lowest BCUT2D eigenvalue weighted by molar-refractivity contribution is -0.380. The summed E-state index contributed by atoms with van der Waals surface area (Å²) in [6.45, 7) is 2.25. The maximum absolute atomic E-state index is 5.65. The minimum atomic E-state index is -0.944. The minimum absolute atomic E-state index is 0.213. The lowest BCUT2D eigenvalue weighted by Crippen LogP contribution is -2.44. The number of rotatable bonds is 14. The highest BCUT2D eigenvalue weighted by Crippen LogP contribution is 2.32. The van der Waals surface area contributed by atoms with Gasteiger partial charge in [0, 0.05) is 32.6 Å². The maximum Gasteiger partial charge on any atom is 0.285 e. The molecule has 1 aromatic carbocycles. The fourth-order valence-corrected chi connectivity index (χ4v) is 3.75. The molecule has 1 unspecified atom stereocenters. The SMILES string of the molecule is CCCCCCCC(CCc1ccc(CBr)cc1)C(OC)(OC)OC. The summed E-state index contributed by atoms with van der Waals surface area (Å²) < 4.78 is 17.0. The molecule has 0 aromatic heterocycles. The van der Waals surface area contributed by atoms with E-state index >= 15 is 0 Å². The molecule has 0 radical (unpaired) electrons. The Bertz CT molecular complexity index is 435. The molecule has 1 aromatic rings. The van der Waals surface area contributed by atoms with Crippen molar-refractivity contribution in [1.82, 2.24) is 0 Å². The van der Waals surface area contributed by atoms with Gasteiger partial charge in [0.05, 0.1) is 0 Å². The Balaban J connectivity index is 2.68. The van der Waals surface area contributed by atoms with E-state index in [0.717, 1.165) is 24.6 Å². The average molecular weight is 415 g/mol. The molecule has 0 aliphatic carbocycles. The number of alkyl halides is 1. The molecule has 0 saturated carbocycles. The number of aryl methyl sites for hydroxylation is 1. The largest absolute Gasteiger partial charge is 0.331 e. The van der Waals surface area contributed by atoms with E-state index in [9.17, 15) is 0 Å². The molecule has 144 valence electrons. The van der Waals surface area contributed by atoms with Crippen LogP contribution in [-0.2, 0) is 26.0 Å². The predicted molar refractivity (Wildman–Crippen MR) is 108 cm³/mol. The van der Waals surface area contributed by atoms with E-state index in [2.05, 4.69) is 47.1 Å². The molecule has 0 aliphatic heterocycles. The zero-order chi connectivity index (χ0) is 18.5. The Morgan fingerprint density at radius 2 is 1.40 bits per heavy atom. The van der Waals surface area contributed by atoms with Crippen LogP contribution in [0.25, 0.3) is 0 Å². The molecule has 0 fully saturated rings. The molecule has 0 spiro atoms. The molecule has 0 heterocycles. The summed E-state index contributed by atoms with van der Waals surface area (Å²) in [6, 6.07) is 8.78. The first-order valence-corrected chi connectivity index (χ1v) is 10.6. The van der Waals surface area contributed by atoms with Crippen LogP contribution < -0.4 is 0 Å². The van der Waals surface area contributed by atoms with E-state index in [1.807, 2.05) is 0 Å². The van der Waals surface area contributed by atoms with Crippen molar-refractivity contribution in [2.45, 2.75) is 69.6 Å². The van der Waals surface area contributed by atoms with Gasteiger partial charge in [-0.25, -0.2) is 0 Å². The van der Waals surface area contributed by atoms with E-state index in [4.69, 9.17) is 14.2 Å². The number of unbranched alkanes of at least 4 members (excludes halogenated alkanes) is 4. The van der Waals surface area contributed by atoms with Gasteiger partial charge in [-0.05, 0) is 30.4 Å². The highest BCUT2D eigenvalue weighted by molar-refractivity contribution is 9.08. The van der Waals surface area contributed by atoms with Crippen LogP contribution in [0.2, 0.25) is 0 Å². The summed E-state index contributed by atoms with van der Waals surface area (Å²) in [5.41, 5.74) is 2.65. The second-order valence-electron chi connectivity index (χ2n) is 6.60. The number of benzene rings is 1. The highest BCUT2D eigenvalue weighted by Gasteiger charge is 2.39. The quantitative estimate of drug-likeness (QED) is 0.209. The standard InChI is InChI=1S/C21H35BrO3/c1-5-6-7-8-9-10-20(21(23-2,24-3)25-4)16-15-18-11-13-19(17-22)14-12-18/h11-14,20H,5-10,15-17H2,1-4H3. The first-order chi connectivity index (χ1) is 12.2. The Morgan fingerprint density at radius 1 is 0.840 bits per heavy atom. The summed E-state index contributed by atoms with van der Waals surface area (Å²) in [5.74, 6) is -0.731. The summed E-state index contributed by atoms with van der Waals surface area (Å²) in [6.07, 6.45) is 9.37. The van der Waals surface area contributed by atoms with Gasteiger partial charge in [0.25, 0.3) is 5.97 Å².